The lowest BCUT2D eigenvalue weighted by Gasteiger charge is -2.21. The molecule has 0 radical (unpaired) electrons. The van der Waals surface area contributed by atoms with Crippen LogP contribution in [0.1, 0.15) is 26.2 Å². The smallest absolute Gasteiger partial charge is 0.224 e. The Morgan fingerprint density at radius 1 is 1.57 bits per heavy atom. The van der Waals surface area contributed by atoms with Crippen LogP contribution in [0.4, 0.5) is 0 Å². The Kier molecular flexibility index (Phi) is 3.06. The molecular formula is C11H20N2O. The molecule has 2 N–H and O–H groups in total. The molecule has 3 heteroatoms. The van der Waals surface area contributed by atoms with Crippen molar-refractivity contribution in [2.75, 3.05) is 19.6 Å². The normalized spacial score (nSPS) is 36.5. The highest BCUT2D eigenvalue weighted by atomic mass is 16.1. The van der Waals surface area contributed by atoms with E-state index >= 15 is 0 Å². The first-order valence-corrected chi connectivity index (χ1v) is 5.76. The minimum Gasteiger partial charge on any atom is -0.356 e. The Bertz CT molecular complexity index is 211. The van der Waals surface area contributed by atoms with Crippen LogP contribution in [0.5, 0.6) is 0 Å². The minimum atomic E-state index is 0.220. The minimum absolute atomic E-state index is 0.220. The highest BCUT2D eigenvalue weighted by Gasteiger charge is 2.33. The molecule has 3 atom stereocenters. The maximum atomic E-state index is 11.7. The van der Waals surface area contributed by atoms with E-state index in [-0.39, 0.29) is 11.8 Å². The van der Waals surface area contributed by atoms with Crippen LogP contribution in [0.25, 0.3) is 0 Å². The fourth-order valence-corrected chi connectivity index (χ4v) is 2.14. The Morgan fingerprint density at radius 3 is 2.93 bits per heavy atom. The molecule has 1 saturated heterocycles. The van der Waals surface area contributed by atoms with Gasteiger partial charge in [0.1, 0.15) is 0 Å². The van der Waals surface area contributed by atoms with E-state index in [9.17, 15) is 4.79 Å². The standard InChI is InChI=1S/C11H20N2O/c1-8-5-10(8)7-13-11(14)9-3-2-4-12-6-9/h8-10,12H,2-7H2,1H3,(H,13,14)/t8?,9-,10?/m1/s1. The van der Waals surface area contributed by atoms with Crippen molar-refractivity contribution in [1.82, 2.24) is 10.6 Å². The Labute approximate surface area is 85.6 Å². The average molecular weight is 196 g/mol. The van der Waals surface area contributed by atoms with Crippen molar-refractivity contribution in [3.8, 4) is 0 Å². The predicted octanol–water partition coefficient (Wildman–Crippen LogP) is 0.758. The Hall–Kier alpha value is -0.570. The third-order valence-corrected chi connectivity index (χ3v) is 3.48. The van der Waals surface area contributed by atoms with E-state index in [4.69, 9.17) is 0 Å². The first-order chi connectivity index (χ1) is 6.77. The van der Waals surface area contributed by atoms with Crippen LogP contribution in [-0.2, 0) is 4.79 Å². The summed E-state index contributed by atoms with van der Waals surface area (Å²) in [5.41, 5.74) is 0. The van der Waals surface area contributed by atoms with Gasteiger partial charge < -0.3 is 10.6 Å². The second-order valence-electron chi connectivity index (χ2n) is 4.76. The van der Waals surface area contributed by atoms with E-state index in [0.717, 1.165) is 44.3 Å². The topological polar surface area (TPSA) is 41.1 Å². The van der Waals surface area contributed by atoms with Gasteiger partial charge in [-0.2, -0.15) is 0 Å². The van der Waals surface area contributed by atoms with Gasteiger partial charge in [-0.1, -0.05) is 6.92 Å². The maximum absolute atomic E-state index is 11.7. The summed E-state index contributed by atoms with van der Waals surface area (Å²) in [5.74, 6) is 2.07. The van der Waals surface area contributed by atoms with E-state index < -0.39 is 0 Å². The number of hydrogen-bond acceptors (Lipinski definition) is 2. The number of rotatable bonds is 3. The zero-order valence-corrected chi connectivity index (χ0v) is 8.88. The first-order valence-electron chi connectivity index (χ1n) is 5.76. The summed E-state index contributed by atoms with van der Waals surface area (Å²) < 4.78 is 0. The molecule has 1 aliphatic heterocycles. The molecule has 2 rings (SSSR count). The fraction of sp³-hybridized carbons (Fsp3) is 0.909. The highest BCUT2D eigenvalue weighted by molar-refractivity contribution is 5.79. The average Bonchev–Trinajstić information content (AvgIpc) is 2.92. The van der Waals surface area contributed by atoms with Crippen molar-refractivity contribution < 1.29 is 4.79 Å². The number of nitrogens with one attached hydrogen (secondary N) is 2. The van der Waals surface area contributed by atoms with Gasteiger partial charge in [0.25, 0.3) is 0 Å². The summed E-state index contributed by atoms with van der Waals surface area (Å²) in [4.78, 5) is 11.7. The van der Waals surface area contributed by atoms with Crippen LogP contribution >= 0.6 is 0 Å². The summed E-state index contributed by atoms with van der Waals surface area (Å²) in [6.45, 7) is 5.09. The van der Waals surface area contributed by atoms with Crippen LogP contribution in [-0.4, -0.2) is 25.5 Å². The maximum Gasteiger partial charge on any atom is 0.224 e. The third kappa shape index (κ3) is 2.47. The van der Waals surface area contributed by atoms with Crippen molar-refractivity contribution in [3.05, 3.63) is 0 Å². The van der Waals surface area contributed by atoms with E-state index in [2.05, 4.69) is 17.6 Å². The van der Waals surface area contributed by atoms with Gasteiger partial charge in [0.05, 0.1) is 5.92 Å². The van der Waals surface area contributed by atoms with Crippen LogP contribution < -0.4 is 10.6 Å². The van der Waals surface area contributed by atoms with Gasteiger partial charge in [-0.25, -0.2) is 0 Å². The van der Waals surface area contributed by atoms with Crippen molar-refractivity contribution in [2.45, 2.75) is 26.2 Å². The molecule has 3 nitrogen and oxygen atoms in total. The van der Waals surface area contributed by atoms with Gasteiger partial charge in [-0.05, 0) is 37.6 Å². The molecule has 1 aliphatic carbocycles. The fourth-order valence-electron chi connectivity index (χ4n) is 2.14. The molecule has 2 unspecified atom stereocenters. The summed E-state index contributed by atoms with van der Waals surface area (Å²) in [6.07, 6.45) is 3.49. The number of hydrogen-bond donors (Lipinski definition) is 2. The van der Waals surface area contributed by atoms with E-state index in [0.29, 0.717) is 0 Å². The monoisotopic (exact) mass is 196 g/mol. The zero-order chi connectivity index (χ0) is 9.97. The molecule has 1 saturated carbocycles. The lowest BCUT2D eigenvalue weighted by molar-refractivity contribution is -0.125. The molecule has 2 aliphatic rings. The summed E-state index contributed by atoms with van der Waals surface area (Å²) in [5, 5.41) is 6.33. The molecule has 0 aromatic carbocycles. The number of piperidine rings is 1. The summed E-state index contributed by atoms with van der Waals surface area (Å²) in [7, 11) is 0. The van der Waals surface area contributed by atoms with Crippen molar-refractivity contribution >= 4 is 5.91 Å². The summed E-state index contributed by atoms with van der Waals surface area (Å²) in [6, 6.07) is 0. The molecule has 1 heterocycles. The number of carbonyl (C=O) groups excluding carboxylic acids is 1. The lowest BCUT2D eigenvalue weighted by atomic mass is 9.99. The molecule has 0 spiro atoms. The molecule has 14 heavy (non-hydrogen) atoms. The van der Waals surface area contributed by atoms with E-state index in [1.807, 2.05) is 0 Å². The SMILES string of the molecule is CC1CC1CNC(=O)[C@@H]1CCCNC1. The molecule has 80 valence electrons. The van der Waals surface area contributed by atoms with Gasteiger partial charge in [-0.15, -0.1) is 0 Å². The molecule has 0 bridgehead atoms. The van der Waals surface area contributed by atoms with Crippen molar-refractivity contribution in [2.24, 2.45) is 17.8 Å². The van der Waals surface area contributed by atoms with Gasteiger partial charge in [0, 0.05) is 13.1 Å². The van der Waals surface area contributed by atoms with Crippen LogP contribution in [0.15, 0.2) is 0 Å². The molecule has 0 aromatic rings. The van der Waals surface area contributed by atoms with Crippen LogP contribution in [0, 0.1) is 17.8 Å². The molecule has 2 fully saturated rings. The predicted molar refractivity (Wildman–Crippen MR) is 55.9 cm³/mol. The van der Waals surface area contributed by atoms with Gasteiger partial charge in [0.15, 0.2) is 0 Å². The van der Waals surface area contributed by atoms with Gasteiger partial charge in [0.2, 0.25) is 5.91 Å². The van der Waals surface area contributed by atoms with Crippen LogP contribution in [0.2, 0.25) is 0 Å². The van der Waals surface area contributed by atoms with Crippen molar-refractivity contribution in [3.63, 3.8) is 0 Å². The van der Waals surface area contributed by atoms with E-state index in [1.165, 1.54) is 6.42 Å². The van der Waals surface area contributed by atoms with E-state index in [1.54, 1.807) is 0 Å². The second kappa shape index (κ2) is 4.30. The molecule has 0 aromatic heterocycles. The Morgan fingerprint density at radius 2 is 2.36 bits per heavy atom. The first kappa shape index (κ1) is 9.97. The van der Waals surface area contributed by atoms with Crippen LogP contribution in [0.3, 0.4) is 0 Å². The van der Waals surface area contributed by atoms with Gasteiger partial charge in [-0.3, -0.25) is 4.79 Å². The van der Waals surface area contributed by atoms with Gasteiger partial charge >= 0.3 is 0 Å². The number of carbonyl (C=O) groups is 1. The molecule has 1 amide bonds. The molecular weight excluding hydrogens is 176 g/mol. The number of amides is 1. The second-order valence-corrected chi connectivity index (χ2v) is 4.76. The highest BCUT2D eigenvalue weighted by Crippen LogP contribution is 2.36. The quantitative estimate of drug-likeness (QED) is 0.699. The zero-order valence-electron chi connectivity index (χ0n) is 8.88. The largest absolute Gasteiger partial charge is 0.356 e. The van der Waals surface area contributed by atoms with Crippen molar-refractivity contribution in [1.29, 1.82) is 0 Å². The Balaban J connectivity index is 1.66. The summed E-state index contributed by atoms with van der Waals surface area (Å²) >= 11 is 0. The lowest BCUT2D eigenvalue weighted by Crippen LogP contribution is -2.41. The third-order valence-electron chi connectivity index (χ3n) is 3.48.